The summed E-state index contributed by atoms with van der Waals surface area (Å²) in [6.07, 6.45) is 5.07. The maximum Gasteiger partial charge on any atom is 0.254 e. The van der Waals surface area contributed by atoms with E-state index in [1.165, 1.54) is 12.5 Å². The second-order valence-electron chi connectivity index (χ2n) is 2.88. The van der Waals surface area contributed by atoms with Crippen molar-refractivity contribution in [2.24, 2.45) is 0 Å². The van der Waals surface area contributed by atoms with Crippen molar-refractivity contribution in [2.75, 3.05) is 6.54 Å². The molecule has 1 aromatic rings. The highest BCUT2D eigenvalue weighted by atomic mass is 16.3. The van der Waals surface area contributed by atoms with Gasteiger partial charge in [0.05, 0.1) is 17.9 Å². The fourth-order valence-electron chi connectivity index (χ4n) is 1.03. The zero-order valence-electron chi connectivity index (χ0n) is 7.82. The molecule has 1 heterocycles. The largest absolute Gasteiger partial charge is 0.472 e. The highest BCUT2D eigenvalue weighted by Gasteiger charge is 2.04. The van der Waals surface area contributed by atoms with E-state index in [9.17, 15) is 4.79 Å². The molecule has 1 aromatic heterocycles. The molecular weight excluding hydrogens is 180 g/mol. The Hall–Kier alpha value is -1.76. The van der Waals surface area contributed by atoms with Gasteiger partial charge in [0.1, 0.15) is 6.26 Å². The van der Waals surface area contributed by atoms with Gasteiger partial charge in [0.25, 0.3) is 5.91 Å². The Labute approximate surface area is 82.5 Å². The van der Waals surface area contributed by atoms with Gasteiger partial charge < -0.3 is 9.73 Å². The number of carbonyl (C=O) groups excluding carboxylic acids is 1. The van der Waals surface area contributed by atoms with E-state index in [1.54, 1.807) is 6.07 Å². The summed E-state index contributed by atoms with van der Waals surface area (Å²) >= 11 is 0. The number of unbranched alkanes of at least 4 members (excludes halogenated alkanes) is 2. The van der Waals surface area contributed by atoms with Gasteiger partial charge in [-0.25, -0.2) is 0 Å². The first-order valence-electron chi connectivity index (χ1n) is 4.52. The molecule has 4 nitrogen and oxygen atoms in total. The molecule has 0 radical (unpaired) electrons. The van der Waals surface area contributed by atoms with E-state index in [4.69, 9.17) is 9.68 Å². The Morgan fingerprint density at radius 3 is 3.07 bits per heavy atom. The second-order valence-corrected chi connectivity index (χ2v) is 2.88. The van der Waals surface area contributed by atoms with Gasteiger partial charge in [0, 0.05) is 13.0 Å². The number of nitrogens with one attached hydrogen (secondary N) is 1. The van der Waals surface area contributed by atoms with Crippen LogP contribution in [-0.4, -0.2) is 12.5 Å². The average molecular weight is 192 g/mol. The summed E-state index contributed by atoms with van der Waals surface area (Å²) in [7, 11) is 0. The maximum absolute atomic E-state index is 11.3. The van der Waals surface area contributed by atoms with Crippen LogP contribution in [-0.2, 0) is 0 Å². The van der Waals surface area contributed by atoms with Gasteiger partial charge in [-0.15, -0.1) is 0 Å². The molecular formula is C10H12N2O2. The third-order valence-corrected chi connectivity index (χ3v) is 1.78. The van der Waals surface area contributed by atoms with E-state index in [-0.39, 0.29) is 5.91 Å². The Bertz CT molecular complexity index is 311. The first-order chi connectivity index (χ1) is 6.84. The van der Waals surface area contributed by atoms with Crippen molar-refractivity contribution < 1.29 is 9.21 Å². The van der Waals surface area contributed by atoms with E-state index in [2.05, 4.69) is 11.4 Å². The van der Waals surface area contributed by atoms with Crippen molar-refractivity contribution in [2.45, 2.75) is 19.3 Å². The lowest BCUT2D eigenvalue weighted by Crippen LogP contribution is -2.23. The minimum Gasteiger partial charge on any atom is -0.472 e. The molecule has 1 rings (SSSR count). The minimum atomic E-state index is -0.129. The lowest BCUT2D eigenvalue weighted by Gasteiger charge is -2.00. The number of amides is 1. The predicted octanol–water partition coefficient (Wildman–Crippen LogP) is 1.70. The summed E-state index contributed by atoms with van der Waals surface area (Å²) in [5.41, 5.74) is 0.533. The molecule has 0 fully saturated rings. The summed E-state index contributed by atoms with van der Waals surface area (Å²) in [5.74, 6) is -0.129. The van der Waals surface area contributed by atoms with Crippen LogP contribution in [0.1, 0.15) is 29.6 Å². The van der Waals surface area contributed by atoms with Crippen molar-refractivity contribution in [3.05, 3.63) is 24.2 Å². The third-order valence-electron chi connectivity index (χ3n) is 1.78. The van der Waals surface area contributed by atoms with Crippen LogP contribution in [0.3, 0.4) is 0 Å². The van der Waals surface area contributed by atoms with Crippen LogP contribution in [0.25, 0.3) is 0 Å². The van der Waals surface area contributed by atoms with Crippen LogP contribution in [0.5, 0.6) is 0 Å². The molecule has 74 valence electrons. The second kappa shape index (κ2) is 5.81. The van der Waals surface area contributed by atoms with Crippen LogP contribution < -0.4 is 5.32 Å². The minimum absolute atomic E-state index is 0.129. The lowest BCUT2D eigenvalue weighted by molar-refractivity contribution is 0.0952. The number of hydrogen-bond donors (Lipinski definition) is 1. The summed E-state index contributed by atoms with van der Waals surface area (Å²) in [6, 6.07) is 3.67. The zero-order chi connectivity index (χ0) is 10.2. The number of nitrogens with zero attached hydrogens (tertiary/aromatic N) is 1. The average Bonchev–Trinajstić information content (AvgIpc) is 2.70. The van der Waals surface area contributed by atoms with Crippen LogP contribution in [0.4, 0.5) is 0 Å². The molecule has 0 aliphatic rings. The number of furan rings is 1. The van der Waals surface area contributed by atoms with Crippen molar-refractivity contribution in [3.8, 4) is 6.07 Å². The Morgan fingerprint density at radius 1 is 1.57 bits per heavy atom. The van der Waals surface area contributed by atoms with Gasteiger partial charge in [0.2, 0.25) is 0 Å². The SMILES string of the molecule is N#CCCCCNC(=O)c1ccoc1. The molecule has 0 saturated heterocycles. The highest BCUT2D eigenvalue weighted by molar-refractivity contribution is 5.93. The van der Waals surface area contributed by atoms with Crippen LogP contribution >= 0.6 is 0 Å². The van der Waals surface area contributed by atoms with Gasteiger partial charge in [-0.2, -0.15) is 5.26 Å². The first-order valence-corrected chi connectivity index (χ1v) is 4.52. The topological polar surface area (TPSA) is 66.0 Å². The third kappa shape index (κ3) is 3.31. The number of hydrogen-bond acceptors (Lipinski definition) is 3. The normalized spacial score (nSPS) is 9.36. The molecule has 4 heteroatoms. The molecule has 14 heavy (non-hydrogen) atoms. The molecule has 0 unspecified atom stereocenters. The quantitative estimate of drug-likeness (QED) is 0.722. The molecule has 0 saturated carbocycles. The number of carbonyl (C=O) groups is 1. The molecule has 0 aromatic carbocycles. The van der Waals surface area contributed by atoms with Gasteiger partial charge in [-0.05, 0) is 18.9 Å². The molecule has 0 atom stereocenters. The van der Waals surface area contributed by atoms with E-state index < -0.39 is 0 Å². The fourth-order valence-corrected chi connectivity index (χ4v) is 1.03. The van der Waals surface area contributed by atoms with E-state index in [0.717, 1.165) is 12.8 Å². The van der Waals surface area contributed by atoms with E-state index >= 15 is 0 Å². The summed E-state index contributed by atoms with van der Waals surface area (Å²) in [6.45, 7) is 0.603. The van der Waals surface area contributed by atoms with E-state index in [1.807, 2.05) is 0 Å². The molecule has 0 aliphatic carbocycles. The Balaban J connectivity index is 2.14. The lowest BCUT2D eigenvalue weighted by atomic mass is 10.2. The van der Waals surface area contributed by atoms with Crippen LogP contribution in [0.15, 0.2) is 23.0 Å². The molecule has 0 aliphatic heterocycles. The summed E-state index contributed by atoms with van der Waals surface area (Å²) in [4.78, 5) is 11.3. The smallest absolute Gasteiger partial charge is 0.254 e. The van der Waals surface area contributed by atoms with Gasteiger partial charge >= 0.3 is 0 Å². The monoisotopic (exact) mass is 192 g/mol. The fraction of sp³-hybridized carbons (Fsp3) is 0.400. The predicted molar refractivity (Wildman–Crippen MR) is 50.5 cm³/mol. The number of nitriles is 1. The van der Waals surface area contributed by atoms with Crippen molar-refractivity contribution >= 4 is 5.91 Å². The van der Waals surface area contributed by atoms with Crippen molar-refractivity contribution in [3.63, 3.8) is 0 Å². The standard InChI is InChI=1S/C10H12N2O2/c11-5-2-1-3-6-12-10(13)9-4-7-14-8-9/h4,7-8H,1-3,6H2,(H,12,13). The molecule has 1 amide bonds. The molecule has 0 bridgehead atoms. The van der Waals surface area contributed by atoms with Crippen LogP contribution in [0, 0.1) is 11.3 Å². The first kappa shape index (κ1) is 10.3. The zero-order valence-corrected chi connectivity index (χ0v) is 7.82. The van der Waals surface area contributed by atoms with E-state index in [0.29, 0.717) is 18.5 Å². The van der Waals surface area contributed by atoms with Gasteiger partial charge in [0.15, 0.2) is 0 Å². The summed E-state index contributed by atoms with van der Waals surface area (Å²) < 4.78 is 4.78. The van der Waals surface area contributed by atoms with Crippen molar-refractivity contribution in [1.29, 1.82) is 5.26 Å². The molecule has 1 N–H and O–H groups in total. The van der Waals surface area contributed by atoms with Crippen LogP contribution in [0.2, 0.25) is 0 Å². The van der Waals surface area contributed by atoms with Crippen molar-refractivity contribution in [1.82, 2.24) is 5.32 Å². The number of rotatable bonds is 5. The summed E-state index contributed by atoms with van der Waals surface area (Å²) in [5, 5.41) is 11.0. The van der Waals surface area contributed by atoms with Gasteiger partial charge in [-0.3, -0.25) is 4.79 Å². The maximum atomic E-state index is 11.3. The van der Waals surface area contributed by atoms with Gasteiger partial charge in [-0.1, -0.05) is 0 Å². The Kier molecular flexibility index (Phi) is 4.29. The molecule has 0 spiro atoms. The Morgan fingerprint density at radius 2 is 2.43 bits per heavy atom. The highest BCUT2D eigenvalue weighted by Crippen LogP contribution is 1.99.